The molecule has 1 aliphatic carbocycles. The number of aliphatic carboxylic acids is 1. The summed E-state index contributed by atoms with van der Waals surface area (Å²) in [6, 6.07) is 8.26. The lowest BCUT2D eigenvalue weighted by atomic mass is 9.89. The molecule has 1 aliphatic rings. The second kappa shape index (κ2) is 10.6. The van der Waals surface area contributed by atoms with Gasteiger partial charge in [0.1, 0.15) is 11.5 Å². The molecular formula is C23H35NO4. The number of carboxylic acid groups (broad SMARTS) is 1. The number of hydrogen-bond acceptors (Lipinski definition) is 4. The molecule has 2 rings (SSSR count). The van der Waals surface area contributed by atoms with Gasteiger partial charge in [0, 0.05) is 12.3 Å². The maximum atomic E-state index is 11.8. The Morgan fingerprint density at radius 1 is 1.21 bits per heavy atom. The summed E-state index contributed by atoms with van der Waals surface area (Å²) in [4.78, 5) is 23.3. The molecule has 1 aromatic carbocycles. The fourth-order valence-corrected chi connectivity index (χ4v) is 4.08. The van der Waals surface area contributed by atoms with E-state index in [2.05, 4.69) is 19.1 Å². The Morgan fingerprint density at radius 2 is 1.89 bits per heavy atom. The minimum absolute atomic E-state index is 0.182. The molecule has 0 aromatic heterocycles. The fraction of sp³-hybridized carbons (Fsp3) is 0.652. The van der Waals surface area contributed by atoms with Crippen LogP contribution in [0.5, 0.6) is 0 Å². The van der Waals surface area contributed by atoms with Crippen LogP contribution in [0.25, 0.3) is 0 Å². The Labute approximate surface area is 168 Å². The highest BCUT2D eigenvalue weighted by atomic mass is 16.6. The van der Waals surface area contributed by atoms with Crippen molar-refractivity contribution >= 4 is 11.9 Å². The molecule has 3 N–H and O–H groups in total. The predicted molar refractivity (Wildman–Crippen MR) is 110 cm³/mol. The lowest BCUT2D eigenvalue weighted by Crippen LogP contribution is -2.33. The number of nitrogens with two attached hydrogens (primary N) is 1. The topological polar surface area (TPSA) is 89.6 Å². The number of benzene rings is 1. The van der Waals surface area contributed by atoms with E-state index in [0.717, 1.165) is 18.4 Å². The molecular weight excluding hydrogens is 354 g/mol. The molecule has 1 saturated carbocycles. The quantitative estimate of drug-likeness (QED) is 0.385. The number of esters is 1. The summed E-state index contributed by atoms with van der Waals surface area (Å²) in [7, 11) is 0. The summed E-state index contributed by atoms with van der Waals surface area (Å²) in [5, 5.41) is 9.42. The van der Waals surface area contributed by atoms with E-state index in [1.54, 1.807) is 0 Å². The molecule has 0 aliphatic heterocycles. The van der Waals surface area contributed by atoms with E-state index in [9.17, 15) is 14.7 Å². The second-order valence-electron chi connectivity index (χ2n) is 8.07. The number of carbonyl (C=O) groups excluding carboxylic acids is 1. The van der Waals surface area contributed by atoms with Gasteiger partial charge in [0.05, 0.1) is 6.54 Å². The highest BCUT2D eigenvalue weighted by Gasteiger charge is 2.65. The van der Waals surface area contributed by atoms with Crippen molar-refractivity contribution in [2.24, 2.45) is 11.7 Å². The molecule has 0 saturated heterocycles. The molecule has 5 heteroatoms. The van der Waals surface area contributed by atoms with Gasteiger partial charge in [-0.15, -0.1) is 0 Å². The zero-order valence-electron chi connectivity index (χ0n) is 17.3. The number of rotatable bonds is 13. The van der Waals surface area contributed by atoms with Crippen LogP contribution >= 0.6 is 0 Å². The van der Waals surface area contributed by atoms with Crippen LogP contribution in [0.4, 0.5) is 0 Å². The van der Waals surface area contributed by atoms with Gasteiger partial charge < -0.3 is 15.6 Å². The van der Waals surface area contributed by atoms with Crippen molar-refractivity contribution < 1.29 is 19.4 Å². The average molecular weight is 390 g/mol. The van der Waals surface area contributed by atoms with Crippen molar-refractivity contribution in [1.29, 1.82) is 0 Å². The number of ether oxygens (including phenoxy) is 1. The predicted octanol–water partition coefficient (Wildman–Crippen LogP) is 4.43. The Morgan fingerprint density at radius 3 is 2.50 bits per heavy atom. The molecule has 0 spiro atoms. The van der Waals surface area contributed by atoms with Crippen LogP contribution in [0.1, 0.15) is 82.3 Å². The molecule has 0 amide bonds. The van der Waals surface area contributed by atoms with Gasteiger partial charge in [-0.3, -0.25) is 9.59 Å². The first-order chi connectivity index (χ1) is 13.4. The monoisotopic (exact) mass is 389 g/mol. The lowest BCUT2D eigenvalue weighted by molar-refractivity contribution is -0.154. The van der Waals surface area contributed by atoms with Crippen LogP contribution in [0.15, 0.2) is 24.3 Å². The van der Waals surface area contributed by atoms with Gasteiger partial charge in [0.2, 0.25) is 0 Å². The first-order valence-electron chi connectivity index (χ1n) is 10.7. The van der Waals surface area contributed by atoms with E-state index in [4.69, 9.17) is 10.5 Å². The van der Waals surface area contributed by atoms with Gasteiger partial charge in [-0.05, 0) is 24.0 Å². The standard InChI is InChI=1S/C23H35NO4/c1-3-4-5-6-7-8-9-11-18-12-10-13-19(14-18)17(2)23(28-21(25)16-24)15-20(23)22(26)27/h10,12-14,17,20H,3-9,11,15-16,24H2,1-2H3,(H,26,27). The molecule has 5 nitrogen and oxygen atoms in total. The van der Waals surface area contributed by atoms with Crippen LogP contribution in [-0.2, 0) is 20.7 Å². The average Bonchev–Trinajstić information content (AvgIpc) is 3.42. The van der Waals surface area contributed by atoms with Gasteiger partial charge in [-0.25, -0.2) is 0 Å². The normalized spacial score (nSPS) is 21.9. The molecule has 3 atom stereocenters. The van der Waals surface area contributed by atoms with E-state index in [0.29, 0.717) is 6.42 Å². The third-order valence-electron chi connectivity index (χ3n) is 5.97. The van der Waals surface area contributed by atoms with E-state index in [-0.39, 0.29) is 12.5 Å². The first kappa shape index (κ1) is 22.4. The van der Waals surface area contributed by atoms with Crippen LogP contribution in [0.2, 0.25) is 0 Å². The van der Waals surface area contributed by atoms with Crippen LogP contribution in [0, 0.1) is 5.92 Å². The summed E-state index contributed by atoms with van der Waals surface area (Å²) in [5.41, 5.74) is 6.68. The van der Waals surface area contributed by atoms with E-state index in [1.807, 2.05) is 19.1 Å². The molecule has 156 valence electrons. The number of carboxylic acids is 1. The number of hydrogen-bond donors (Lipinski definition) is 2. The highest BCUT2D eigenvalue weighted by molar-refractivity contribution is 5.79. The van der Waals surface area contributed by atoms with Gasteiger partial charge in [0.15, 0.2) is 0 Å². The zero-order chi connectivity index (χ0) is 20.6. The van der Waals surface area contributed by atoms with E-state index >= 15 is 0 Å². The summed E-state index contributed by atoms with van der Waals surface area (Å²) >= 11 is 0. The third kappa shape index (κ3) is 5.81. The highest BCUT2D eigenvalue weighted by Crippen LogP contribution is 2.56. The van der Waals surface area contributed by atoms with Crippen molar-refractivity contribution in [3.8, 4) is 0 Å². The second-order valence-corrected chi connectivity index (χ2v) is 8.07. The van der Waals surface area contributed by atoms with Crippen molar-refractivity contribution in [2.75, 3.05) is 6.54 Å². The summed E-state index contributed by atoms with van der Waals surface area (Å²) in [6.07, 6.45) is 10.3. The molecule has 0 heterocycles. The lowest BCUT2D eigenvalue weighted by Gasteiger charge is -2.25. The maximum absolute atomic E-state index is 11.8. The molecule has 1 fully saturated rings. The van der Waals surface area contributed by atoms with Gasteiger partial charge in [-0.2, -0.15) is 0 Å². The Balaban J connectivity index is 1.95. The van der Waals surface area contributed by atoms with Crippen LogP contribution in [0.3, 0.4) is 0 Å². The fourth-order valence-electron chi connectivity index (χ4n) is 4.08. The largest absolute Gasteiger partial charge is 0.481 e. The van der Waals surface area contributed by atoms with Crippen LogP contribution in [-0.4, -0.2) is 29.2 Å². The molecule has 1 aromatic rings. The Kier molecular flexibility index (Phi) is 8.49. The van der Waals surface area contributed by atoms with Gasteiger partial charge in [0.25, 0.3) is 0 Å². The maximum Gasteiger partial charge on any atom is 0.320 e. The summed E-state index contributed by atoms with van der Waals surface area (Å²) in [6.45, 7) is 3.94. The first-order valence-corrected chi connectivity index (χ1v) is 10.7. The molecule has 0 radical (unpaired) electrons. The third-order valence-corrected chi connectivity index (χ3v) is 5.97. The minimum Gasteiger partial charge on any atom is -0.481 e. The molecule has 28 heavy (non-hydrogen) atoms. The number of aryl methyl sites for hydroxylation is 1. The van der Waals surface area contributed by atoms with Crippen LogP contribution < -0.4 is 5.73 Å². The SMILES string of the molecule is CCCCCCCCCc1cccc(C(C)C2(OC(=O)CN)CC2C(=O)O)c1. The van der Waals surface area contributed by atoms with E-state index < -0.39 is 23.5 Å². The van der Waals surface area contributed by atoms with Gasteiger partial charge >= 0.3 is 11.9 Å². The van der Waals surface area contributed by atoms with Crippen molar-refractivity contribution in [3.05, 3.63) is 35.4 Å². The Bertz CT molecular complexity index is 660. The summed E-state index contributed by atoms with van der Waals surface area (Å²) < 4.78 is 5.53. The van der Waals surface area contributed by atoms with Crippen molar-refractivity contribution in [1.82, 2.24) is 0 Å². The summed E-state index contributed by atoms with van der Waals surface area (Å²) in [5.74, 6) is -2.31. The van der Waals surface area contributed by atoms with Crippen molar-refractivity contribution in [2.45, 2.75) is 83.2 Å². The molecule has 3 unspecified atom stereocenters. The number of carbonyl (C=O) groups is 2. The number of unbranched alkanes of at least 4 members (excludes halogenated alkanes) is 6. The smallest absolute Gasteiger partial charge is 0.320 e. The minimum atomic E-state index is -0.972. The molecule has 0 bridgehead atoms. The van der Waals surface area contributed by atoms with Gasteiger partial charge in [-0.1, -0.05) is 76.6 Å². The Hall–Kier alpha value is -1.88. The van der Waals surface area contributed by atoms with E-state index in [1.165, 1.54) is 44.1 Å². The zero-order valence-corrected chi connectivity index (χ0v) is 17.3. The van der Waals surface area contributed by atoms with Crippen molar-refractivity contribution in [3.63, 3.8) is 0 Å².